The number of nitrogens with zero attached hydrogens (tertiary/aromatic N) is 2. The molecule has 1 aliphatic heterocycles. The van der Waals surface area contributed by atoms with E-state index in [-0.39, 0.29) is 0 Å². The van der Waals surface area contributed by atoms with Crippen molar-refractivity contribution >= 4 is 43.6 Å². The lowest BCUT2D eigenvalue weighted by Crippen LogP contribution is -2.41. The molecule has 142 valence electrons. The van der Waals surface area contributed by atoms with Crippen molar-refractivity contribution in [3.05, 3.63) is 40.2 Å². The second-order valence-corrected chi connectivity index (χ2v) is 9.87. The first-order chi connectivity index (χ1) is 13.3. The molecule has 0 radical (unpaired) electrons. The first-order valence-electron chi connectivity index (χ1n) is 9.95. The van der Waals surface area contributed by atoms with Crippen molar-refractivity contribution in [2.75, 3.05) is 30.3 Å². The Morgan fingerprint density at radius 3 is 2.96 bits per heavy atom. The van der Waals surface area contributed by atoms with E-state index >= 15 is 0 Å². The summed E-state index contributed by atoms with van der Waals surface area (Å²) < 4.78 is 1.40. The van der Waals surface area contributed by atoms with Crippen LogP contribution in [-0.4, -0.2) is 30.7 Å². The van der Waals surface area contributed by atoms with E-state index < -0.39 is 0 Å². The highest BCUT2D eigenvalue weighted by Crippen LogP contribution is 2.33. The Bertz CT molecular complexity index is 923. The van der Waals surface area contributed by atoms with Crippen LogP contribution in [0.25, 0.3) is 10.1 Å². The van der Waals surface area contributed by atoms with E-state index in [1.165, 1.54) is 58.7 Å². The van der Waals surface area contributed by atoms with Gasteiger partial charge in [-0.3, -0.25) is 0 Å². The number of thiophene rings is 1. The van der Waals surface area contributed by atoms with Gasteiger partial charge in [-0.05, 0) is 68.1 Å². The van der Waals surface area contributed by atoms with Crippen LogP contribution in [0.5, 0.6) is 0 Å². The number of fused-ring (bicyclic) bond motifs is 2. The van der Waals surface area contributed by atoms with Crippen LogP contribution in [0.1, 0.15) is 29.8 Å². The van der Waals surface area contributed by atoms with E-state index in [2.05, 4.69) is 44.8 Å². The number of nitrogen functional groups attached to an aromatic ring is 1. The summed E-state index contributed by atoms with van der Waals surface area (Å²) in [6, 6.07) is 9.58. The highest BCUT2D eigenvalue weighted by Gasteiger charge is 2.24. The van der Waals surface area contributed by atoms with Gasteiger partial charge in [-0.1, -0.05) is 6.07 Å². The maximum atomic E-state index is 5.87. The molecule has 1 fully saturated rings. The number of aryl methyl sites for hydroxylation is 1. The monoisotopic (exact) mass is 398 g/mol. The van der Waals surface area contributed by atoms with Crippen LogP contribution in [0.3, 0.4) is 0 Å². The van der Waals surface area contributed by atoms with Gasteiger partial charge in [0.15, 0.2) is 5.13 Å². The molecular weight excluding hydrogens is 372 g/mol. The molecule has 2 aromatic heterocycles. The fourth-order valence-electron chi connectivity index (χ4n) is 4.53. The Morgan fingerprint density at radius 2 is 2.07 bits per heavy atom. The molecule has 3 heterocycles. The number of piperidine rings is 1. The number of anilines is 2. The second kappa shape index (κ2) is 7.41. The van der Waals surface area contributed by atoms with Gasteiger partial charge in [0.05, 0.1) is 5.69 Å². The molecule has 0 spiro atoms. The smallest absolute Gasteiger partial charge is 0.180 e. The molecule has 27 heavy (non-hydrogen) atoms. The van der Waals surface area contributed by atoms with Crippen LogP contribution in [0, 0.1) is 5.92 Å². The molecule has 3 N–H and O–H groups in total. The van der Waals surface area contributed by atoms with Gasteiger partial charge in [-0.2, -0.15) is 0 Å². The molecular formula is C21H26N4S2. The van der Waals surface area contributed by atoms with Crippen molar-refractivity contribution in [2.45, 2.75) is 38.1 Å². The zero-order chi connectivity index (χ0) is 18.2. The van der Waals surface area contributed by atoms with Gasteiger partial charge in [-0.25, -0.2) is 4.98 Å². The summed E-state index contributed by atoms with van der Waals surface area (Å²) in [6.45, 7) is 3.48. The first-order valence-corrected chi connectivity index (χ1v) is 11.6. The summed E-state index contributed by atoms with van der Waals surface area (Å²) in [6.07, 6.45) is 5.92. The van der Waals surface area contributed by atoms with Crippen LogP contribution < -0.4 is 16.0 Å². The van der Waals surface area contributed by atoms with E-state index in [0.29, 0.717) is 6.04 Å². The predicted octanol–water partition coefficient (Wildman–Crippen LogP) is 4.30. The second-order valence-electron chi connectivity index (χ2n) is 7.81. The summed E-state index contributed by atoms with van der Waals surface area (Å²) in [5.74, 6) is 0.788. The predicted molar refractivity (Wildman–Crippen MR) is 117 cm³/mol. The average molecular weight is 399 g/mol. The van der Waals surface area contributed by atoms with Gasteiger partial charge in [0.25, 0.3) is 0 Å². The third-order valence-electron chi connectivity index (χ3n) is 6.08. The zero-order valence-corrected chi connectivity index (χ0v) is 17.1. The Balaban J connectivity index is 1.14. The van der Waals surface area contributed by atoms with Crippen molar-refractivity contribution in [1.29, 1.82) is 0 Å². The Kier molecular flexibility index (Phi) is 4.80. The van der Waals surface area contributed by atoms with Crippen molar-refractivity contribution in [3.8, 4) is 0 Å². The first kappa shape index (κ1) is 17.5. The number of nitrogens with one attached hydrogen (secondary N) is 1. The highest BCUT2D eigenvalue weighted by atomic mass is 32.1. The largest absolute Gasteiger partial charge is 0.375 e. The van der Waals surface area contributed by atoms with E-state index in [4.69, 9.17) is 5.73 Å². The van der Waals surface area contributed by atoms with Crippen molar-refractivity contribution in [2.24, 2.45) is 5.92 Å². The highest BCUT2D eigenvalue weighted by molar-refractivity contribution is 7.17. The number of aromatic nitrogens is 1. The average Bonchev–Trinajstić information content (AvgIpc) is 3.31. The molecule has 6 heteroatoms. The quantitative estimate of drug-likeness (QED) is 0.688. The van der Waals surface area contributed by atoms with Crippen LogP contribution >= 0.6 is 22.7 Å². The minimum atomic E-state index is 0.593. The molecule has 0 amide bonds. The number of benzene rings is 1. The van der Waals surface area contributed by atoms with Crippen molar-refractivity contribution < 1.29 is 0 Å². The summed E-state index contributed by atoms with van der Waals surface area (Å²) in [5, 5.41) is 8.20. The lowest BCUT2D eigenvalue weighted by Gasteiger charge is -2.35. The molecule has 1 aliphatic carbocycles. The van der Waals surface area contributed by atoms with Crippen molar-refractivity contribution in [1.82, 2.24) is 10.3 Å². The third kappa shape index (κ3) is 3.58. The molecule has 1 unspecified atom stereocenters. The summed E-state index contributed by atoms with van der Waals surface area (Å²) >= 11 is 3.51. The topological polar surface area (TPSA) is 54.2 Å². The Labute approximate surface area is 168 Å². The molecule has 5 rings (SSSR count). The lowest BCUT2D eigenvalue weighted by atomic mass is 9.93. The van der Waals surface area contributed by atoms with E-state index in [1.807, 2.05) is 11.3 Å². The van der Waals surface area contributed by atoms with Gasteiger partial charge < -0.3 is 16.0 Å². The van der Waals surface area contributed by atoms with E-state index in [0.717, 1.165) is 30.4 Å². The molecule has 1 aromatic carbocycles. The number of hydrogen-bond acceptors (Lipinski definition) is 6. The van der Waals surface area contributed by atoms with Crippen LogP contribution in [0.2, 0.25) is 0 Å². The normalized spacial score (nSPS) is 20.9. The summed E-state index contributed by atoms with van der Waals surface area (Å²) in [7, 11) is 0. The SMILES string of the molecule is Nc1nc2c(s1)CC(NCC1CCN(c3cccc4sccc34)CC1)CC2. The molecule has 4 nitrogen and oxygen atoms in total. The summed E-state index contributed by atoms with van der Waals surface area (Å²) in [5.41, 5.74) is 8.53. The molecule has 0 saturated carbocycles. The molecule has 0 bridgehead atoms. The number of rotatable bonds is 4. The molecule has 2 aliphatic rings. The van der Waals surface area contributed by atoms with Crippen molar-refractivity contribution in [3.63, 3.8) is 0 Å². The van der Waals surface area contributed by atoms with Gasteiger partial charge in [0.2, 0.25) is 0 Å². The molecule has 3 aromatic rings. The standard InChI is InChI=1S/C21H26N4S2/c22-21-24-17-5-4-15(12-20(17)27-21)23-13-14-6-9-25(10-7-14)18-2-1-3-19-16(18)8-11-26-19/h1-3,8,11,14-15,23H,4-7,9-10,12-13H2,(H2,22,24). The zero-order valence-electron chi connectivity index (χ0n) is 15.5. The number of thiazole rings is 1. The van der Waals surface area contributed by atoms with Gasteiger partial charge in [0.1, 0.15) is 0 Å². The fourth-order valence-corrected chi connectivity index (χ4v) is 6.30. The van der Waals surface area contributed by atoms with Gasteiger partial charge >= 0.3 is 0 Å². The summed E-state index contributed by atoms with van der Waals surface area (Å²) in [4.78, 5) is 8.43. The minimum Gasteiger partial charge on any atom is -0.375 e. The van der Waals surface area contributed by atoms with Crippen LogP contribution in [0.4, 0.5) is 10.8 Å². The maximum absolute atomic E-state index is 5.87. The molecule has 1 saturated heterocycles. The Morgan fingerprint density at radius 1 is 1.19 bits per heavy atom. The van der Waals surface area contributed by atoms with Crippen LogP contribution in [-0.2, 0) is 12.8 Å². The van der Waals surface area contributed by atoms with E-state index in [1.54, 1.807) is 11.3 Å². The van der Waals surface area contributed by atoms with Gasteiger partial charge in [0, 0.05) is 39.8 Å². The lowest BCUT2D eigenvalue weighted by molar-refractivity contribution is 0.348. The molecule has 1 atom stereocenters. The van der Waals surface area contributed by atoms with E-state index in [9.17, 15) is 0 Å². The number of nitrogens with two attached hydrogens (primary N) is 1. The maximum Gasteiger partial charge on any atom is 0.180 e. The van der Waals surface area contributed by atoms with Gasteiger partial charge in [-0.15, -0.1) is 22.7 Å². The number of hydrogen-bond donors (Lipinski definition) is 2. The Hall–Kier alpha value is -1.63. The third-order valence-corrected chi connectivity index (χ3v) is 7.91. The minimum absolute atomic E-state index is 0.593. The fraction of sp³-hybridized carbons (Fsp3) is 0.476. The van der Waals surface area contributed by atoms with Crippen LogP contribution in [0.15, 0.2) is 29.6 Å².